The van der Waals surface area contributed by atoms with Crippen molar-refractivity contribution in [2.24, 2.45) is 22.2 Å². The van der Waals surface area contributed by atoms with Gasteiger partial charge in [-0.15, -0.1) is 0 Å². The summed E-state index contributed by atoms with van der Waals surface area (Å²) < 4.78 is 0. The molecule has 1 amide bonds. The Hall–Kier alpha value is -2.80. The minimum Gasteiger partial charge on any atom is -0.481 e. The van der Waals surface area contributed by atoms with Gasteiger partial charge in [0.15, 0.2) is 6.29 Å². The quantitative estimate of drug-likeness (QED) is 0.0873. The van der Waals surface area contributed by atoms with Crippen molar-refractivity contribution in [3.8, 4) is 0 Å². The van der Waals surface area contributed by atoms with Crippen LogP contribution in [0.4, 0.5) is 0 Å². The molecule has 0 heterocycles. The summed E-state index contributed by atoms with van der Waals surface area (Å²) in [4.78, 5) is 43.9. The maximum Gasteiger partial charge on any atom is 0.305 e. The highest BCUT2D eigenvalue weighted by Crippen LogP contribution is 2.45. The van der Waals surface area contributed by atoms with Crippen LogP contribution in [0.2, 0.25) is 0 Å². The molecule has 0 spiro atoms. The smallest absolute Gasteiger partial charge is 0.305 e. The van der Waals surface area contributed by atoms with Crippen molar-refractivity contribution in [3.63, 3.8) is 0 Å². The van der Waals surface area contributed by atoms with Crippen molar-refractivity contribution in [1.29, 1.82) is 0 Å². The molecule has 0 saturated heterocycles. The summed E-state index contributed by atoms with van der Waals surface area (Å²) in [7, 11) is 2.15. The van der Waals surface area contributed by atoms with Crippen molar-refractivity contribution in [1.82, 2.24) is 10.2 Å². The summed E-state index contributed by atoms with van der Waals surface area (Å²) in [6, 6.07) is -0.461. The SMILES string of the molecule is C\C=C(/C=C\C(=C/C)C(CCC(C)C)N(C)C1(/N=C(C=O)/C(C)=C/C)CCC(C(C)(C)C)CC1)C(=O)NC(C)CC(=O)O. The molecule has 1 saturated carbocycles. The summed E-state index contributed by atoms with van der Waals surface area (Å²) in [5.41, 5.74) is 2.63. The fourth-order valence-corrected chi connectivity index (χ4v) is 5.94. The molecule has 2 N–H and O–H groups in total. The third kappa shape index (κ3) is 11.7. The van der Waals surface area contributed by atoms with Gasteiger partial charge in [-0.25, -0.2) is 0 Å². The summed E-state index contributed by atoms with van der Waals surface area (Å²) in [5.74, 6) is -0.152. The first-order chi connectivity index (χ1) is 20.0. The number of carboxylic acids is 1. The van der Waals surface area contributed by atoms with E-state index in [2.05, 4.69) is 58.0 Å². The van der Waals surface area contributed by atoms with Crippen LogP contribution in [0.5, 0.6) is 0 Å². The first-order valence-electron chi connectivity index (χ1n) is 16.0. The molecule has 242 valence electrons. The number of hydrogen-bond acceptors (Lipinski definition) is 5. The van der Waals surface area contributed by atoms with Crippen LogP contribution < -0.4 is 5.32 Å². The van der Waals surface area contributed by atoms with Crippen molar-refractivity contribution in [2.45, 2.75) is 132 Å². The Balaban J connectivity index is 3.57. The van der Waals surface area contributed by atoms with Gasteiger partial charge in [0, 0.05) is 17.7 Å². The third-order valence-electron chi connectivity index (χ3n) is 9.03. The summed E-state index contributed by atoms with van der Waals surface area (Å²) in [6.07, 6.45) is 16.1. The summed E-state index contributed by atoms with van der Waals surface area (Å²) >= 11 is 0. The highest BCUT2D eigenvalue weighted by Gasteiger charge is 2.44. The molecule has 0 aromatic rings. The monoisotopic (exact) mass is 597 g/mol. The molecule has 1 fully saturated rings. The highest BCUT2D eigenvalue weighted by atomic mass is 16.4. The Morgan fingerprint density at radius 2 is 1.63 bits per heavy atom. The number of aliphatic imine (C=N–C) groups is 1. The normalized spacial score (nSPS) is 22.7. The Kier molecular flexibility index (Phi) is 15.5. The first kappa shape index (κ1) is 38.2. The van der Waals surface area contributed by atoms with Gasteiger partial charge >= 0.3 is 5.97 Å². The fourth-order valence-electron chi connectivity index (χ4n) is 5.94. The number of aldehydes is 1. The van der Waals surface area contributed by atoms with Gasteiger partial charge in [-0.3, -0.25) is 24.3 Å². The van der Waals surface area contributed by atoms with Crippen molar-refractivity contribution >= 4 is 23.9 Å². The van der Waals surface area contributed by atoms with Crippen molar-refractivity contribution < 1.29 is 19.5 Å². The molecule has 0 aliphatic heterocycles. The van der Waals surface area contributed by atoms with E-state index in [0.717, 1.165) is 56.0 Å². The number of hydrogen-bond donors (Lipinski definition) is 2. The molecule has 43 heavy (non-hydrogen) atoms. The second kappa shape index (κ2) is 17.5. The van der Waals surface area contributed by atoms with E-state index in [0.29, 0.717) is 23.1 Å². The van der Waals surface area contributed by atoms with E-state index in [-0.39, 0.29) is 23.8 Å². The van der Waals surface area contributed by atoms with E-state index in [4.69, 9.17) is 10.1 Å². The standard InChI is InChI=1S/C36H59N3O4/c1-12-26(6)31(24-40)38-36(21-19-30(20-22-36)35(8,9)10)39(11)32(18-15-25(4)5)28(13-2)16-17-29(14-3)34(43)37-27(7)23-33(41)42/h12-14,16-17,24-25,27,30,32H,15,18-23H2,1-11H3,(H,37,43)(H,41,42)/b17-16-,26-12+,28-13+,29-14+,38-31+. The second-order valence-electron chi connectivity index (χ2n) is 13.6. The van der Waals surface area contributed by atoms with Crippen molar-refractivity contribution in [3.05, 3.63) is 47.1 Å². The van der Waals surface area contributed by atoms with Gasteiger partial charge in [0.2, 0.25) is 0 Å². The maximum absolute atomic E-state index is 12.9. The molecule has 1 rings (SSSR count). The van der Waals surface area contributed by atoms with Crippen LogP contribution >= 0.6 is 0 Å². The first-order valence-corrected chi connectivity index (χ1v) is 16.0. The van der Waals surface area contributed by atoms with Gasteiger partial charge < -0.3 is 10.4 Å². The fraction of sp³-hybridized carbons (Fsp3) is 0.667. The zero-order valence-corrected chi connectivity index (χ0v) is 28.8. The van der Waals surface area contributed by atoms with E-state index >= 15 is 0 Å². The van der Waals surface area contributed by atoms with Crippen LogP contribution in [0.1, 0.15) is 114 Å². The van der Waals surface area contributed by atoms with Crippen LogP contribution in [0.15, 0.2) is 52.1 Å². The minimum atomic E-state index is -0.951. The number of nitrogens with one attached hydrogen (secondary N) is 1. The lowest BCUT2D eigenvalue weighted by Crippen LogP contribution is -2.54. The van der Waals surface area contributed by atoms with E-state index in [9.17, 15) is 14.4 Å². The number of nitrogens with zero attached hydrogens (tertiary/aromatic N) is 2. The second-order valence-corrected chi connectivity index (χ2v) is 13.6. The number of allylic oxidation sites excluding steroid dienone is 4. The average Bonchev–Trinajstić information content (AvgIpc) is 2.93. The van der Waals surface area contributed by atoms with E-state index < -0.39 is 17.7 Å². The Morgan fingerprint density at radius 1 is 1.02 bits per heavy atom. The third-order valence-corrected chi connectivity index (χ3v) is 9.03. The van der Waals surface area contributed by atoms with Gasteiger partial charge in [-0.2, -0.15) is 0 Å². The number of amides is 1. The van der Waals surface area contributed by atoms with E-state index in [1.54, 1.807) is 19.9 Å². The predicted molar refractivity (Wildman–Crippen MR) is 179 cm³/mol. The minimum absolute atomic E-state index is 0.0181. The van der Waals surface area contributed by atoms with Crippen LogP contribution in [-0.2, 0) is 14.4 Å². The molecule has 0 bridgehead atoms. The topological polar surface area (TPSA) is 99.1 Å². The molecular weight excluding hydrogens is 538 g/mol. The number of aliphatic carboxylic acids is 1. The molecule has 7 nitrogen and oxygen atoms in total. The van der Waals surface area contributed by atoms with Crippen molar-refractivity contribution in [2.75, 3.05) is 7.05 Å². The molecular formula is C36H59N3O4. The van der Waals surface area contributed by atoms with E-state index in [1.807, 2.05) is 39.0 Å². The number of likely N-dealkylation sites (N-methyl/N-ethyl adjacent to an activating group) is 1. The Morgan fingerprint density at radius 3 is 2.07 bits per heavy atom. The zero-order valence-electron chi connectivity index (χ0n) is 28.8. The molecule has 1 aliphatic rings. The lowest BCUT2D eigenvalue weighted by molar-refractivity contribution is -0.137. The van der Waals surface area contributed by atoms with Gasteiger partial charge in [-0.1, -0.05) is 58.9 Å². The number of carboxylic acid groups (broad SMARTS) is 1. The predicted octanol–water partition coefficient (Wildman–Crippen LogP) is 7.69. The van der Waals surface area contributed by atoms with Gasteiger partial charge in [-0.05, 0) is 115 Å². The average molecular weight is 598 g/mol. The lowest BCUT2D eigenvalue weighted by atomic mass is 9.69. The maximum atomic E-state index is 12.9. The number of carbonyl (C=O) groups excluding carboxylic acids is 2. The molecule has 1 aliphatic carbocycles. The largest absolute Gasteiger partial charge is 0.481 e. The highest BCUT2D eigenvalue weighted by molar-refractivity contribution is 6.36. The lowest BCUT2D eigenvalue weighted by Gasteiger charge is -2.49. The van der Waals surface area contributed by atoms with Crippen LogP contribution in [0.25, 0.3) is 0 Å². The number of rotatable bonds is 15. The van der Waals surface area contributed by atoms with Gasteiger partial charge in [0.25, 0.3) is 5.91 Å². The van der Waals surface area contributed by atoms with Crippen LogP contribution in [-0.4, -0.2) is 58.7 Å². The van der Waals surface area contributed by atoms with E-state index in [1.165, 1.54) is 0 Å². The molecule has 0 aromatic heterocycles. The Labute approximate surface area is 261 Å². The summed E-state index contributed by atoms with van der Waals surface area (Å²) in [6.45, 7) is 20.8. The van der Waals surface area contributed by atoms with Gasteiger partial charge in [0.1, 0.15) is 11.4 Å². The zero-order chi connectivity index (χ0) is 33.0. The molecule has 2 unspecified atom stereocenters. The molecule has 0 aromatic carbocycles. The molecule has 0 radical (unpaired) electrons. The molecule has 7 heteroatoms. The van der Waals surface area contributed by atoms with Crippen LogP contribution in [0.3, 0.4) is 0 Å². The van der Waals surface area contributed by atoms with Crippen LogP contribution in [0, 0.1) is 17.3 Å². The summed E-state index contributed by atoms with van der Waals surface area (Å²) in [5, 5.41) is 11.9. The number of carbonyl (C=O) groups is 3. The molecule has 2 atom stereocenters. The Bertz CT molecular complexity index is 1100. The van der Waals surface area contributed by atoms with Gasteiger partial charge in [0.05, 0.1) is 6.42 Å².